The van der Waals surface area contributed by atoms with Gasteiger partial charge in [-0.15, -0.1) is 0 Å². The fraction of sp³-hybridized carbons (Fsp3) is 0.462. The second-order valence-corrected chi connectivity index (χ2v) is 4.14. The van der Waals surface area contributed by atoms with E-state index in [1.54, 1.807) is 24.3 Å². The van der Waals surface area contributed by atoms with Crippen molar-refractivity contribution in [3.63, 3.8) is 0 Å². The minimum atomic E-state index is -0.357. The van der Waals surface area contributed by atoms with Gasteiger partial charge >= 0.3 is 0 Å². The molecule has 1 aliphatic carbocycles. The van der Waals surface area contributed by atoms with E-state index < -0.39 is 0 Å². The topological polar surface area (TPSA) is 53.2 Å². The molecule has 1 N–H and O–H groups in total. The Hall–Kier alpha value is -1.53. The number of benzene rings is 1. The van der Waals surface area contributed by atoms with Crippen molar-refractivity contribution in [3.05, 3.63) is 29.8 Å². The van der Waals surface area contributed by atoms with Crippen molar-refractivity contribution in [1.82, 2.24) is 0 Å². The molecule has 1 saturated carbocycles. The third kappa shape index (κ3) is 2.53. The number of ether oxygens (including phenoxy) is 1. The van der Waals surface area contributed by atoms with E-state index in [-0.39, 0.29) is 12.2 Å². The van der Waals surface area contributed by atoms with Gasteiger partial charge in [0.1, 0.15) is 11.9 Å². The van der Waals surface area contributed by atoms with Crippen molar-refractivity contribution in [2.45, 2.75) is 37.9 Å². The predicted molar refractivity (Wildman–Crippen MR) is 60.0 cm³/mol. The Morgan fingerprint density at radius 1 is 1.19 bits per heavy atom. The first-order valence-electron chi connectivity index (χ1n) is 5.64. The molecule has 2 rings (SSSR count). The Morgan fingerprint density at radius 2 is 1.88 bits per heavy atom. The zero-order valence-corrected chi connectivity index (χ0v) is 9.10. The summed E-state index contributed by atoms with van der Waals surface area (Å²) in [5, 5.41) is 18.4. The van der Waals surface area contributed by atoms with Gasteiger partial charge in [0.15, 0.2) is 0 Å². The predicted octanol–water partition coefficient (Wildman–Crippen LogP) is 2.24. The summed E-state index contributed by atoms with van der Waals surface area (Å²) in [5.74, 6) is 0.727. The van der Waals surface area contributed by atoms with Crippen molar-refractivity contribution in [2.75, 3.05) is 0 Å². The van der Waals surface area contributed by atoms with E-state index in [0.29, 0.717) is 5.56 Å². The summed E-state index contributed by atoms with van der Waals surface area (Å²) >= 11 is 0. The van der Waals surface area contributed by atoms with Crippen LogP contribution in [-0.2, 0) is 0 Å². The summed E-state index contributed by atoms with van der Waals surface area (Å²) in [7, 11) is 0. The molecule has 0 unspecified atom stereocenters. The van der Waals surface area contributed by atoms with Crippen LogP contribution < -0.4 is 4.74 Å². The van der Waals surface area contributed by atoms with Crippen LogP contribution in [0.1, 0.15) is 31.2 Å². The van der Waals surface area contributed by atoms with Gasteiger partial charge in [-0.1, -0.05) is 6.42 Å². The van der Waals surface area contributed by atoms with Crippen LogP contribution in [-0.4, -0.2) is 17.3 Å². The van der Waals surface area contributed by atoms with E-state index in [9.17, 15) is 5.11 Å². The zero-order chi connectivity index (χ0) is 11.4. The van der Waals surface area contributed by atoms with Crippen molar-refractivity contribution < 1.29 is 9.84 Å². The average Bonchev–Trinajstić information content (AvgIpc) is 2.33. The summed E-state index contributed by atoms with van der Waals surface area (Å²) in [6, 6.07) is 9.07. The van der Waals surface area contributed by atoms with E-state index in [1.165, 1.54) is 0 Å². The molecular weight excluding hydrogens is 202 g/mol. The van der Waals surface area contributed by atoms with E-state index in [4.69, 9.17) is 10.00 Å². The van der Waals surface area contributed by atoms with E-state index >= 15 is 0 Å². The van der Waals surface area contributed by atoms with Gasteiger partial charge in [0.2, 0.25) is 0 Å². The number of nitrogens with zero attached hydrogens (tertiary/aromatic N) is 1. The van der Waals surface area contributed by atoms with Crippen LogP contribution in [0.3, 0.4) is 0 Å². The maximum atomic E-state index is 9.75. The molecule has 0 aliphatic heterocycles. The second kappa shape index (κ2) is 5.00. The highest BCUT2D eigenvalue weighted by atomic mass is 16.5. The van der Waals surface area contributed by atoms with Gasteiger partial charge in [0.05, 0.1) is 17.7 Å². The lowest BCUT2D eigenvalue weighted by atomic mass is 9.95. The lowest BCUT2D eigenvalue weighted by molar-refractivity contribution is 0.00687. The molecule has 0 spiro atoms. The highest BCUT2D eigenvalue weighted by Gasteiger charge is 2.24. The molecule has 0 saturated heterocycles. The number of aliphatic hydroxyl groups is 1. The van der Waals surface area contributed by atoms with Gasteiger partial charge in [-0.3, -0.25) is 0 Å². The van der Waals surface area contributed by atoms with Gasteiger partial charge in [0.25, 0.3) is 0 Å². The van der Waals surface area contributed by atoms with Crippen molar-refractivity contribution in [3.8, 4) is 11.8 Å². The normalized spacial score (nSPS) is 24.8. The quantitative estimate of drug-likeness (QED) is 0.826. The van der Waals surface area contributed by atoms with Crippen LogP contribution in [0.25, 0.3) is 0 Å². The zero-order valence-electron chi connectivity index (χ0n) is 9.10. The third-order valence-electron chi connectivity index (χ3n) is 2.94. The number of nitriles is 1. The average molecular weight is 217 g/mol. The smallest absolute Gasteiger partial charge is 0.124 e. The second-order valence-electron chi connectivity index (χ2n) is 4.14. The molecule has 1 aromatic rings. The molecule has 0 amide bonds. The molecule has 2 atom stereocenters. The van der Waals surface area contributed by atoms with E-state index in [2.05, 4.69) is 6.07 Å². The van der Waals surface area contributed by atoms with E-state index in [0.717, 1.165) is 31.4 Å². The molecule has 16 heavy (non-hydrogen) atoms. The maximum Gasteiger partial charge on any atom is 0.124 e. The summed E-state index contributed by atoms with van der Waals surface area (Å²) < 4.78 is 5.71. The van der Waals surface area contributed by atoms with Gasteiger partial charge in [0, 0.05) is 0 Å². The van der Waals surface area contributed by atoms with Gasteiger partial charge in [-0.2, -0.15) is 5.26 Å². The molecule has 0 heterocycles. The van der Waals surface area contributed by atoms with E-state index in [1.807, 2.05) is 0 Å². The van der Waals surface area contributed by atoms with Crippen LogP contribution in [0.5, 0.6) is 5.75 Å². The molecular formula is C13H15NO2. The SMILES string of the molecule is N#Cc1ccc(O[C@H]2CCCC[C@@H]2O)cc1. The minimum absolute atomic E-state index is 0.0957. The third-order valence-corrected chi connectivity index (χ3v) is 2.94. The highest BCUT2D eigenvalue weighted by Crippen LogP contribution is 2.23. The molecule has 3 nitrogen and oxygen atoms in total. The standard InChI is InChI=1S/C13H15NO2/c14-9-10-5-7-11(8-6-10)16-13-4-2-1-3-12(13)15/h5-8,12-13,15H,1-4H2/t12-,13-/m0/s1. The summed E-state index contributed by atoms with van der Waals surface area (Å²) in [6.45, 7) is 0. The maximum absolute atomic E-state index is 9.75. The largest absolute Gasteiger partial charge is 0.488 e. The van der Waals surface area contributed by atoms with Gasteiger partial charge in [-0.25, -0.2) is 0 Å². The number of rotatable bonds is 2. The van der Waals surface area contributed by atoms with Gasteiger partial charge < -0.3 is 9.84 Å². The Labute approximate surface area is 95.3 Å². The summed E-state index contributed by atoms with van der Waals surface area (Å²) in [6.07, 6.45) is 3.46. The fourth-order valence-electron chi connectivity index (χ4n) is 2.00. The Kier molecular flexibility index (Phi) is 3.43. The van der Waals surface area contributed by atoms with Crippen molar-refractivity contribution >= 4 is 0 Å². The van der Waals surface area contributed by atoms with Crippen molar-refractivity contribution in [1.29, 1.82) is 5.26 Å². The lowest BCUT2D eigenvalue weighted by Gasteiger charge is -2.28. The number of aliphatic hydroxyl groups excluding tert-OH is 1. The fourth-order valence-corrected chi connectivity index (χ4v) is 2.00. The first-order chi connectivity index (χ1) is 7.79. The molecule has 0 radical (unpaired) electrons. The minimum Gasteiger partial charge on any atom is -0.488 e. The lowest BCUT2D eigenvalue weighted by Crippen LogP contribution is -2.34. The first-order valence-corrected chi connectivity index (χ1v) is 5.64. The molecule has 1 fully saturated rings. The Bertz CT molecular complexity index is 380. The summed E-state index contributed by atoms with van der Waals surface area (Å²) in [5.41, 5.74) is 0.622. The number of hydrogen-bond donors (Lipinski definition) is 1. The van der Waals surface area contributed by atoms with Crippen LogP contribution in [0.15, 0.2) is 24.3 Å². The molecule has 3 heteroatoms. The highest BCUT2D eigenvalue weighted by molar-refractivity contribution is 5.34. The Balaban J connectivity index is 2.00. The monoisotopic (exact) mass is 217 g/mol. The summed E-state index contributed by atoms with van der Waals surface area (Å²) in [4.78, 5) is 0. The van der Waals surface area contributed by atoms with Crippen molar-refractivity contribution in [2.24, 2.45) is 0 Å². The molecule has 0 aromatic heterocycles. The van der Waals surface area contributed by atoms with Crippen LogP contribution in [0, 0.1) is 11.3 Å². The Morgan fingerprint density at radius 3 is 2.50 bits per heavy atom. The molecule has 0 bridgehead atoms. The van der Waals surface area contributed by atoms with Gasteiger partial charge in [-0.05, 0) is 43.5 Å². The molecule has 1 aliphatic rings. The number of hydrogen-bond acceptors (Lipinski definition) is 3. The first kappa shape index (κ1) is 11.0. The molecule has 1 aromatic carbocycles. The molecule has 84 valence electrons. The van der Waals surface area contributed by atoms with Crippen LogP contribution >= 0.6 is 0 Å². The van der Waals surface area contributed by atoms with Crippen LogP contribution in [0.4, 0.5) is 0 Å². The van der Waals surface area contributed by atoms with Crippen LogP contribution in [0.2, 0.25) is 0 Å².